The third-order valence-corrected chi connectivity index (χ3v) is 10.9. The van der Waals surface area contributed by atoms with E-state index in [0.29, 0.717) is 10.8 Å². The highest BCUT2D eigenvalue weighted by atomic mass is 31.1. The summed E-state index contributed by atoms with van der Waals surface area (Å²) in [7, 11) is 1.19. The largest absolute Gasteiger partial charge is 0.118 e. The van der Waals surface area contributed by atoms with Crippen molar-refractivity contribution in [1.82, 2.24) is 0 Å². The van der Waals surface area contributed by atoms with Crippen molar-refractivity contribution in [1.29, 1.82) is 0 Å². The molecule has 7 unspecified atom stereocenters. The predicted molar refractivity (Wildman–Crippen MR) is 129 cm³/mol. The van der Waals surface area contributed by atoms with Gasteiger partial charge in [-0.15, -0.1) is 8.58 Å². The molecule has 1 saturated heterocycles. The van der Waals surface area contributed by atoms with Crippen molar-refractivity contribution in [2.45, 2.75) is 106 Å². The third kappa shape index (κ3) is 4.74. The molecule has 0 spiro atoms. The van der Waals surface area contributed by atoms with E-state index in [-0.39, 0.29) is 0 Å². The van der Waals surface area contributed by atoms with Gasteiger partial charge < -0.3 is 0 Å². The van der Waals surface area contributed by atoms with E-state index < -0.39 is 0 Å². The Balaban J connectivity index is 1.74. The topological polar surface area (TPSA) is 0 Å². The first-order chi connectivity index (χ1) is 13.3. The molecule has 28 heavy (non-hydrogen) atoms. The Morgan fingerprint density at radius 3 is 2.57 bits per heavy atom. The second kappa shape index (κ2) is 9.54. The molecule has 0 aromatic carbocycles. The smallest absolute Gasteiger partial charge is 0.00841 e. The summed E-state index contributed by atoms with van der Waals surface area (Å²) in [5.74, 6) is 4.60. The highest BCUT2D eigenvalue weighted by Gasteiger charge is 2.48. The lowest BCUT2D eigenvalue weighted by Gasteiger charge is -2.46. The second-order valence-electron chi connectivity index (χ2n) is 11.8. The van der Waals surface area contributed by atoms with Crippen LogP contribution in [0.1, 0.15) is 106 Å². The predicted octanol–water partition coefficient (Wildman–Crippen LogP) is 8.71. The van der Waals surface area contributed by atoms with Crippen LogP contribution in [0.25, 0.3) is 0 Å². The molecule has 0 aromatic heterocycles. The molecule has 3 rings (SSSR count). The Morgan fingerprint density at radius 1 is 1.04 bits per heavy atom. The maximum Gasteiger partial charge on any atom is -0.00841 e. The van der Waals surface area contributed by atoms with Gasteiger partial charge in [0.25, 0.3) is 0 Å². The number of fused-ring (bicyclic) bond motifs is 2. The number of allylic oxidation sites excluding steroid dienone is 2. The minimum absolute atomic E-state index is 0.505. The molecule has 0 N–H and O–H groups in total. The molecule has 0 radical (unpaired) electrons. The van der Waals surface area contributed by atoms with E-state index >= 15 is 0 Å². The first-order valence-electron chi connectivity index (χ1n) is 12.7. The lowest BCUT2D eigenvalue weighted by Crippen LogP contribution is -2.37. The monoisotopic (exact) mass is 404 g/mol. The SMILES string of the molecule is CC(C)CCCC(C)C1CCC2CC/C=C3/CPCCC3(C)C(C)CCC21C. The van der Waals surface area contributed by atoms with E-state index in [9.17, 15) is 0 Å². The summed E-state index contributed by atoms with van der Waals surface area (Å²) >= 11 is 0. The first-order valence-corrected chi connectivity index (χ1v) is 14.1. The fraction of sp³-hybridized carbons (Fsp3) is 0.926. The molecule has 2 aliphatic carbocycles. The van der Waals surface area contributed by atoms with Crippen LogP contribution in [0.5, 0.6) is 0 Å². The molecule has 1 aliphatic heterocycles. The summed E-state index contributed by atoms with van der Waals surface area (Å²) in [6.07, 6.45) is 20.2. The van der Waals surface area contributed by atoms with Crippen LogP contribution in [0.2, 0.25) is 0 Å². The van der Waals surface area contributed by atoms with Crippen molar-refractivity contribution in [2.75, 3.05) is 12.3 Å². The van der Waals surface area contributed by atoms with Crippen molar-refractivity contribution in [3.05, 3.63) is 11.6 Å². The maximum atomic E-state index is 2.73. The summed E-state index contributed by atoms with van der Waals surface area (Å²) in [6, 6.07) is 0. The Labute approximate surface area is 178 Å². The zero-order valence-corrected chi connectivity index (χ0v) is 20.9. The fourth-order valence-corrected chi connectivity index (χ4v) is 8.99. The van der Waals surface area contributed by atoms with Gasteiger partial charge in [-0.2, -0.15) is 0 Å². The van der Waals surface area contributed by atoms with Crippen LogP contribution in [-0.4, -0.2) is 12.3 Å². The van der Waals surface area contributed by atoms with Crippen molar-refractivity contribution in [3.8, 4) is 0 Å². The van der Waals surface area contributed by atoms with Crippen molar-refractivity contribution in [3.63, 3.8) is 0 Å². The maximum absolute atomic E-state index is 2.73. The zero-order valence-electron chi connectivity index (χ0n) is 19.9. The minimum Gasteiger partial charge on any atom is -0.118 e. The van der Waals surface area contributed by atoms with Crippen molar-refractivity contribution < 1.29 is 0 Å². The molecule has 0 aromatic rings. The van der Waals surface area contributed by atoms with E-state index in [4.69, 9.17) is 0 Å². The zero-order chi connectivity index (χ0) is 20.4. The van der Waals surface area contributed by atoms with Crippen LogP contribution in [0, 0.1) is 40.4 Å². The quantitative estimate of drug-likeness (QED) is 0.317. The Morgan fingerprint density at radius 2 is 1.82 bits per heavy atom. The van der Waals surface area contributed by atoms with Crippen LogP contribution in [0.15, 0.2) is 11.6 Å². The molecule has 1 heteroatoms. The van der Waals surface area contributed by atoms with Gasteiger partial charge in [0, 0.05) is 0 Å². The van der Waals surface area contributed by atoms with Gasteiger partial charge in [-0.3, -0.25) is 0 Å². The molecule has 0 nitrogen and oxygen atoms in total. The van der Waals surface area contributed by atoms with Gasteiger partial charge in [0.2, 0.25) is 0 Å². The average Bonchev–Trinajstić information content (AvgIpc) is 2.97. The molecule has 7 atom stereocenters. The van der Waals surface area contributed by atoms with Gasteiger partial charge in [0.1, 0.15) is 0 Å². The summed E-state index contributed by atoms with van der Waals surface area (Å²) < 4.78 is 0. The van der Waals surface area contributed by atoms with Crippen LogP contribution in [0.3, 0.4) is 0 Å². The average molecular weight is 405 g/mol. The van der Waals surface area contributed by atoms with E-state index in [0.717, 1.165) is 29.6 Å². The molecule has 0 bridgehead atoms. The Kier molecular flexibility index (Phi) is 7.78. The van der Waals surface area contributed by atoms with Crippen molar-refractivity contribution >= 4 is 8.58 Å². The van der Waals surface area contributed by atoms with Gasteiger partial charge in [-0.1, -0.05) is 72.5 Å². The summed E-state index contributed by atoms with van der Waals surface area (Å²) in [4.78, 5) is 0. The third-order valence-electron chi connectivity index (χ3n) is 9.71. The number of hydrogen-bond donors (Lipinski definition) is 0. The molecule has 2 fully saturated rings. The van der Waals surface area contributed by atoms with Gasteiger partial charge in [-0.05, 0) is 97.7 Å². The lowest BCUT2D eigenvalue weighted by molar-refractivity contribution is 0.0723. The molecular weight excluding hydrogens is 355 g/mol. The summed E-state index contributed by atoms with van der Waals surface area (Å²) in [5, 5.41) is 0. The highest BCUT2D eigenvalue weighted by molar-refractivity contribution is 7.38. The molecular formula is C27H49P. The van der Waals surface area contributed by atoms with Gasteiger partial charge in [0.15, 0.2) is 0 Å². The molecule has 1 saturated carbocycles. The van der Waals surface area contributed by atoms with Crippen LogP contribution < -0.4 is 0 Å². The summed E-state index contributed by atoms with van der Waals surface area (Å²) in [5.41, 5.74) is 2.96. The van der Waals surface area contributed by atoms with Crippen molar-refractivity contribution in [2.24, 2.45) is 40.4 Å². The normalized spacial score (nSPS) is 43.2. The van der Waals surface area contributed by atoms with Gasteiger partial charge >= 0.3 is 0 Å². The standard InChI is InChI=1S/C27H49P/c1-20(2)9-7-10-21(3)25-14-13-23-11-8-12-24-19-28-18-17-26(24,5)22(4)15-16-27(23,25)6/h12,20-23,25,28H,7-11,13-19H2,1-6H3/b24-12-. The van der Waals surface area contributed by atoms with E-state index in [1.807, 2.05) is 5.57 Å². The lowest BCUT2D eigenvalue weighted by atomic mass is 9.61. The molecule has 162 valence electrons. The van der Waals surface area contributed by atoms with E-state index in [1.165, 1.54) is 85.1 Å². The number of rotatable bonds is 5. The highest BCUT2D eigenvalue weighted by Crippen LogP contribution is 2.58. The van der Waals surface area contributed by atoms with Crippen LogP contribution >= 0.6 is 8.58 Å². The second-order valence-corrected chi connectivity index (χ2v) is 13.1. The van der Waals surface area contributed by atoms with Gasteiger partial charge in [0.05, 0.1) is 0 Å². The molecule has 1 heterocycles. The van der Waals surface area contributed by atoms with Crippen LogP contribution in [-0.2, 0) is 0 Å². The van der Waals surface area contributed by atoms with Crippen LogP contribution in [0.4, 0.5) is 0 Å². The van der Waals surface area contributed by atoms with E-state index in [2.05, 4.69) is 47.6 Å². The molecule has 0 amide bonds. The first kappa shape index (κ1) is 22.8. The minimum atomic E-state index is 0.505. The molecule has 3 aliphatic rings. The van der Waals surface area contributed by atoms with E-state index in [1.54, 1.807) is 0 Å². The Bertz CT molecular complexity index is 534. The summed E-state index contributed by atoms with van der Waals surface area (Å²) in [6.45, 7) is 15.3. The number of hydrogen-bond acceptors (Lipinski definition) is 0. The van der Waals surface area contributed by atoms with Gasteiger partial charge in [-0.25, -0.2) is 0 Å². The Hall–Kier alpha value is 0.170. The fourth-order valence-electron chi connectivity index (χ4n) is 7.30.